The summed E-state index contributed by atoms with van der Waals surface area (Å²) in [6.45, 7) is 2.15. The normalized spacial score (nSPS) is 24.6. The highest BCUT2D eigenvalue weighted by Crippen LogP contribution is 2.39. The summed E-state index contributed by atoms with van der Waals surface area (Å²) in [5.74, 6) is -3.36. The van der Waals surface area contributed by atoms with Gasteiger partial charge in [0.15, 0.2) is 17.5 Å². The van der Waals surface area contributed by atoms with Crippen molar-refractivity contribution < 1.29 is 18.3 Å². The zero-order valence-electron chi connectivity index (χ0n) is 11.7. The van der Waals surface area contributed by atoms with Gasteiger partial charge in [-0.2, -0.15) is 0 Å². The Morgan fingerprint density at radius 1 is 1.10 bits per heavy atom. The van der Waals surface area contributed by atoms with Crippen molar-refractivity contribution in [3.63, 3.8) is 0 Å². The average molecular weight is 286 g/mol. The lowest BCUT2D eigenvalue weighted by molar-refractivity contribution is 0.0686. The minimum atomic E-state index is -1.50. The molecule has 0 bridgehead atoms. The number of hydrogen-bond acceptors (Lipinski definition) is 1. The first-order valence-corrected chi connectivity index (χ1v) is 7.36. The minimum absolute atomic E-state index is 0.0672. The Hall–Kier alpha value is -1.03. The van der Waals surface area contributed by atoms with Crippen LogP contribution in [-0.4, -0.2) is 5.11 Å². The number of benzene rings is 1. The van der Waals surface area contributed by atoms with Crippen molar-refractivity contribution >= 4 is 0 Å². The van der Waals surface area contributed by atoms with Gasteiger partial charge >= 0.3 is 0 Å². The molecule has 1 atom stereocenters. The fraction of sp³-hybridized carbons (Fsp3) is 0.625. The van der Waals surface area contributed by atoms with Crippen molar-refractivity contribution in [2.45, 2.75) is 51.6 Å². The molecule has 0 heterocycles. The van der Waals surface area contributed by atoms with E-state index in [0.717, 1.165) is 44.2 Å². The third-order valence-corrected chi connectivity index (χ3v) is 4.42. The molecule has 20 heavy (non-hydrogen) atoms. The number of hydrogen-bond donors (Lipinski definition) is 1. The maximum atomic E-state index is 13.7. The summed E-state index contributed by atoms with van der Waals surface area (Å²) in [4.78, 5) is 0. The summed E-state index contributed by atoms with van der Waals surface area (Å²) < 4.78 is 39.8. The average Bonchev–Trinajstić information content (AvgIpc) is 2.45. The SMILES string of the molecule is CCCC1CCC(C(O)c2ccc(F)c(F)c2F)CC1. The van der Waals surface area contributed by atoms with Crippen LogP contribution < -0.4 is 0 Å². The second-order valence-corrected chi connectivity index (χ2v) is 5.78. The molecule has 0 aliphatic heterocycles. The Labute approximate surface area is 117 Å². The maximum Gasteiger partial charge on any atom is 0.194 e. The van der Waals surface area contributed by atoms with Gasteiger partial charge in [0, 0.05) is 5.56 Å². The standard InChI is InChI=1S/C16H21F3O/c1-2-3-10-4-6-11(7-5-10)16(20)12-8-9-13(17)15(19)14(12)18/h8-11,16,20H,2-7H2,1H3. The molecule has 1 aliphatic rings. The third-order valence-electron chi connectivity index (χ3n) is 4.42. The van der Waals surface area contributed by atoms with Gasteiger partial charge in [0.2, 0.25) is 0 Å². The van der Waals surface area contributed by atoms with Gasteiger partial charge in [0.05, 0.1) is 6.10 Å². The van der Waals surface area contributed by atoms with Crippen molar-refractivity contribution in [2.24, 2.45) is 11.8 Å². The van der Waals surface area contributed by atoms with Gasteiger partial charge in [-0.05, 0) is 30.7 Å². The second-order valence-electron chi connectivity index (χ2n) is 5.78. The van der Waals surface area contributed by atoms with E-state index in [4.69, 9.17) is 0 Å². The van der Waals surface area contributed by atoms with Crippen LogP contribution in [0.15, 0.2) is 12.1 Å². The van der Waals surface area contributed by atoms with Gasteiger partial charge in [-0.15, -0.1) is 0 Å². The summed E-state index contributed by atoms with van der Waals surface area (Å²) in [7, 11) is 0. The summed E-state index contributed by atoms with van der Waals surface area (Å²) in [5.41, 5.74) is -0.122. The van der Waals surface area contributed by atoms with Crippen LogP contribution in [0.5, 0.6) is 0 Å². The highest BCUT2D eigenvalue weighted by Gasteiger charge is 2.29. The van der Waals surface area contributed by atoms with Crippen LogP contribution >= 0.6 is 0 Å². The molecule has 1 nitrogen and oxygen atoms in total. The fourth-order valence-corrected chi connectivity index (χ4v) is 3.22. The number of halogens is 3. The van der Waals surface area contributed by atoms with E-state index in [2.05, 4.69) is 6.92 Å². The van der Waals surface area contributed by atoms with Crippen molar-refractivity contribution in [1.29, 1.82) is 0 Å². The van der Waals surface area contributed by atoms with E-state index in [9.17, 15) is 18.3 Å². The van der Waals surface area contributed by atoms with Crippen molar-refractivity contribution in [1.82, 2.24) is 0 Å². The zero-order chi connectivity index (χ0) is 14.7. The summed E-state index contributed by atoms with van der Waals surface area (Å²) >= 11 is 0. The number of rotatable bonds is 4. The lowest BCUT2D eigenvalue weighted by Crippen LogP contribution is -2.21. The molecule has 4 heteroatoms. The van der Waals surface area contributed by atoms with E-state index in [-0.39, 0.29) is 11.5 Å². The first-order chi connectivity index (χ1) is 9.54. The molecule has 1 fully saturated rings. The molecule has 1 unspecified atom stereocenters. The van der Waals surface area contributed by atoms with E-state index < -0.39 is 23.6 Å². The Balaban J connectivity index is 2.06. The number of aliphatic hydroxyl groups excluding tert-OH is 1. The quantitative estimate of drug-likeness (QED) is 0.792. The lowest BCUT2D eigenvalue weighted by Gasteiger charge is -2.31. The topological polar surface area (TPSA) is 20.2 Å². The Morgan fingerprint density at radius 2 is 1.75 bits per heavy atom. The fourth-order valence-electron chi connectivity index (χ4n) is 3.22. The third kappa shape index (κ3) is 3.17. The molecular weight excluding hydrogens is 265 g/mol. The molecule has 1 aromatic carbocycles. The van der Waals surface area contributed by atoms with E-state index in [1.54, 1.807) is 0 Å². The van der Waals surface area contributed by atoms with Crippen molar-refractivity contribution in [2.75, 3.05) is 0 Å². The van der Waals surface area contributed by atoms with Gasteiger partial charge in [-0.25, -0.2) is 13.2 Å². The lowest BCUT2D eigenvalue weighted by atomic mass is 9.76. The molecule has 112 valence electrons. The molecule has 1 aliphatic carbocycles. The van der Waals surface area contributed by atoms with Gasteiger partial charge in [0.1, 0.15) is 0 Å². The second kappa shape index (κ2) is 6.61. The highest BCUT2D eigenvalue weighted by molar-refractivity contribution is 5.23. The van der Waals surface area contributed by atoms with Crippen molar-refractivity contribution in [3.05, 3.63) is 35.1 Å². The zero-order valence-corrected chi connectivity index (χ0v) is 11.7. The molecule has 1 saturated carbocycles. The Bertz CT molecular complexity index is 453. The van der Waals surface area contributed by atoms with Crippen LogP contribution in [0.1, 0.15) is 57.1 Å². The van der Waals surface area contributed by atoms with E-state index in [0.29, 0.717) is 5.92 Å². The van der Waals surface area contributed by atoms with E-state index >= 15 is 0 Å². The van der Waals surface area contributed by atoms with Crippen LogP contribution in [0.25, 0.3) is 0 Å². The predicted molar refractivity (Wildman–Crippen MR) is 71.6 cm³/mol. The predicted octanol–water partition coefficient (Wildman–Crippen LogP) is 4.74. The van der Waals surface area contributed by atoms with E-state index in [1.165, 1.54) is 6.42 Å². The molecule has 0 radical (unpaired) electrons. The molecule has 1 aromatic rings. The first-order valence-electron chi connectivity index (χ1n) is 7.36. The summed E-state index contributed by atoms with van der Waals surface area (Å²) in [6.07, 6.45) is 4.93. The van der Waals surface area contributed by atoms with Gasteiger partial charge < -0.3 is 5.11 Å². The molecule has 2 rings (SSSR count). The first kappa shape index (κ1) is 15.4. The minimum Gasteiger partial charge on any atom is -0.388 e. The van der Waals surface area contributed by atoms with Gasteiger partial charge in [0.25, 0.3) is 0 Å². The summed E-state index contributed by atoms with van der Waals surface area (Å²) in [6, 6.07) is 2.02. The van der Waals surface area contributed by atoms with Crippen LogP contribution in [0, 0.1) is 29.3 Å². The maximum absolute atomic E-state index is 13.7. The highest BCUT2D eigenvalue weighted by atomic mass is 19.2. The smallest absolute Gasteiger partial charge is 0.194 e. The van der Waals surface area contributed by atoms with Crippen molar-refractivity contribution in [3.8, 4) is 0 Å². The van der Waals surface area contributed by atoms with Crippen LogP contribution in [0.4, 0.5) is 13.2 Å². The number of aliphatic hydroxyl groups is 1. The van der Waals surface area contributed by atoms with Gasteiger partial charge in [-0.3, -0.25) is 0 Å². The molecule has 0 amide bonds. The summed E-state index contributed by atoms with van der Waals surface area (Å²) in [5, 5.41) is 10.2. The van der Waals surface area contributed by atoms with Gasteiger partial charge in [-0.1, -0.05) is 38.7 Å². The molecular formula is C16H21F3O. The van der Waals surface area contributed by atoms with E-state index in [1.807, 2.05) is 0 Å². The largest absolute Gasteiger partial charge is 0.388 e. The Morgan fingerprint density at radius 3 is 2.35 bits per heavy atom. The van der Waals surface area contributed by atoms with Crippen LogP contribution in [0.3, 0.4) is 0 Å². The van der Waals surface area contributed by atoms with Crippen LogP contribution in [0.2, 0.25) is 0 Å². The molecule has 0 aromatic heterocycles. The molecule has 0 spiro atoms. The molecule has 0 saturated heterocycles. The van der Waals surface area contributed by atoms with Crippen LogP contribution in [-0.2, 0) is 0 Å². The Kier molecular flexibility index (Phi) is 5.08. The monoisotopic (exact) mass is 286 g/mol. The molecule has 1 N–H and O–H groups in total.